The van der Waals surface area contributed by atoms with Crippen LogP contribution in [0.1, 0.15) is 119 Å². The lowest BCUT2D eigenvalue weighted by molar-refractivity contribution is -0.137. The van der Waals surface area contributed by atoms with E-state index in [-0.39, 0.29) is 18.7 Å². The SMILES string of the molecule is CCCCCCCCCCCCNC(=O)C1c2cccc(c2)-c2ccc(cc2)OCc2cn(nn2)CCCCCOc2ccc(cc2)CC(=O)N1c1ccc(C(F)(F)F)cc1. The van der Waals surface area contributed by atoms with E-state index in [0.717, 1.165) is 80.4 Å². The number of rotatable bonds is 13. The van der Waals surface area contributed by atoms with Gasteiger partial charge in [-0.3, -0.25) is 19.2 Å². The molecule has 0 saturated heterocycles. The van der Waals surface area contributed by atoms with E-state index in [2.05, 4.69) is 22.6 Å². The molecule has 1 N–H and O–H groups in total. The summed E-state index contributed by atoms with van der Waals surface area (Å²) >= 11 is 0. The summed E-state index contributed by atoms with van der Waals surface area (Å²) in [5.74, 6) is 0.442. The van der Waals surface area contributed by atoms with Crippen LogP contribution in [0.5, 0.6) is 11.5 Å². The minimum Gasteiger partial charge on any atom is -0.494 e. The Morgan fingerprint density at radius 2 is 1.44 bits per heavy atom. The third-order valence-electron chi connectivity index (χ3n) is 11.0. The molecule has 4 aromatic carbocycles. The first-order valence-electron chi connectivity index (χ1n) is 21.9. The van der Waals surface area contributed by atoms with Gasteiger partial charge in [-0.25, -0.2) is 0 Å². The van der Waals surface area contributed by atoms with Gasteiger partial charge >= 0.3 is 6.18 Å². The smallest absolute Gasteiger partial charge is 0.416 e. The molecule has 8 bridgehead atoms. The minimum atomic E-state index is -4.58. The lowest BCUT2D eigenvalue weighted by Crippen LogP contribution is -2.45. The van der Waals surface area contributed by atoms with Crippen molar-refractivity contribution >= 4 is 17.5 Å². The molecule has 12 heteroatoms. The predicted octanol–water partition coefficient (Wildman–Crippen LogP) is 11.5. The number of ether oxygens (including phenoxy) is 2. The number of hydrogen-bond acceptors (Lipinski definition) is 6. The number of carbonyl (C=O) groups is 2. The summed E-state index contributed by atoms with van der Waals surface area (Å²) < 4.78 is 55.2. The van der Waals surface area contributed by atoms with E-state index in [4.69, 9.17) is 9.47 Å². The zero-order valence-electron chi connectivity index (χ0n) is 35.2. The molecule has 0 saturated carbocycles. The summed E-state index contributed by atoms with van der Waals surface area (Å²) in [6.45, 7) is 4.12. The summed E-state index contributed by atoms with van der Waals surface area (Å²) in [6.07, 6.45) is 11.3. The van der Waals surface area contributed by atoms with Gasteiger partial charge in [0.15, 0.2) is 0 Å². The summed E-state index contributed by atoms with van der Waals surface area (Å²) in [6, 6.07) is 25.4. The average Bonchev–Trinajstić information content (AvgIpc) is 3.73. The molecule has 5 heterocycles. The molecule has 1 aromatic heterocycles. The first-order chi connectivity index (χ1) is 29.7. The lowest BCUT2D eigenvalue weighted by Gasteiger charge is -2.32. The Morgan fingerprint density at radius 1 is 0.770 bits per heavy atom. The summed E-state index contributed by atoms with van der Waals surface area (Å²) in [5, 5.41) is 11.6. The molecule has 2 amide bonds. The molecular formula is C49H58F3N5O4. The van der Waals surface area contributed by atoms with Gasteiger partial charge in [-0.15, -0.1) is 5.10 Å². The van der Waals surface area contributed by atoms with Crippen LogP contribution >= 0.6 is 0 Å². The number of nitrogens with one attached hydrogen (secondary N) is 1. The highest BCUT2D eigenvalue weighted by Gasteiger charge is 2.35. The quantitative estimate of drug-likeness (QED) is 0.119. The van der Waals surface area contributed by atoms with Crippen molar-refractivity contribution in [3.63, 3.8) is 0 Å². The maximum Gasteiger partial charge on any atom is 0.416 e. The Balaban J connectivity index is 1.29. The number of aromatic nitrogens is 3. The monoisotopic (exact) mass is 837 g/mol. The Labute approximate surface area is 357 Å². The van der Waals surface area contributed by atoms with Crippen LogP contribution in [0.3, 0.4) is 0 Å². The van der Waals surface area contributed by atoms with Crippen LogP contribution in [0.2, 0.25) is 0 Å². The highest BCUT2D eigenvalue weighted by Crippen LogP contribution is 2.35. The van der Waals surface area contributed by atoms with Crippen molar-refractivity contribution in [1.82, 2.24) is 20.3 Å². The standard InChI is InChI=1S/C49H58F3N5O4/c1-2-3-4-5-6-7-8-9-10-12-30-53-48(59)47-40-17-15-16-39(34-40)38-20-28-45(29-21-38)61-36-42-35-56(55-54-42)31-13-11-14-32-60-44-26-18-37(19-27-44)33-46(58)57(47)43-24-22-41(23-25-43)49(50,51)52/h15-29,34-35,47H,2-14,30-33,36H2,1H3,(H,53,59). The number of hydrogen-bond donors (Lipinski definition) is 1. The Bertz CT molecular complexity index is 2100. The number of carbonyl (C=O) groups excluding carboxylic acids is 2. The fraction of sp³-hybridized carbons (Fsp3) is 0.429. The summed E-state index contributed by atoms with van der Waals surface area (Å²) in [4.78, 5) is 30.5. The van der Waals surface area contributed by atoms with Gasteiger partial charge in [-0.1, -0.05) is 112 Å². The van der Waals surface area contributed by atoms with Crippen LogP contribution in [0.15, 0.2) is 103 Å². The van der Waals surface area contributed by atoms with Gasteiger partial charge in [-0.2, -0.15) is 13.2 Å². The summed E-state index contributed by atoms with van der Waals surface area (Å²) in [5.41, 5.74) is 2.87. The van der Waals surface area contributed by atoms with Crippen molar-refractivity contribution < 1.29 is 32.2 Å². The van der Waals surface area contributed by atoms with E-state index in [9.17, 15) is 22.8 Å². The number of alkyl halides is 3. The predicted molar refractivity (Wildman–Crippen MR) is 232 cm³/mol. The highest BCUT2D eigenvalue weighted by atomic mass is 19.4. The molecule has 4 aliphatic rings. The molecule has 9 rings (SSSR count). The maximum atomic E-state index is 14.6. The van der Waals surface area contributed by atoms with E-state index in [0.29, 0.717) is 35.8 Å². The molecule has 4 aliphatic heterocycles. The van der Waals surface area contributed by atoms with E-state index < -0.39 is 29.6 Å². The van der Waals surface area contributed by atoms with E-state index >= 15 is 0 Å². The van der Waals surface area contributed by atoms with Crippen molar-refractivity contribution in [3.8, 4) is 22.6 Å². The number of unbranched alkanes of at least 4 members (excludes halogenated alkanes) is 9. The number of amides is 2. The Morgan fingerprint density at radius 3 is 2.15 bits per heavy atom. The van der Waals surface area contributed by atoms with Gasteiger partial charge in [0.25, 0.3) is 0 Å². The second-order valence-electron chi connectivity index (χ2n) is 15.8. The third kappa shape index (κ3) is 13.7. The Hall–Kier alpha value is -5.65. The van der Waals surface area contributed by atoms with Gasteiger partial charge in [0.1, 0.15) is 29.8 Å². The van der Waals surface area contributed by atoms with Crippen molar-refractivity contribution in [1.29, 1.82) is 0 Å². The van der Waals surface area contributed by atoms with E-state index in [1.54, 1.807) is 30.3 Å². The maximum absolute atomic E-state index is 14.6. The van der Waals surface area contributed by atoms with Gasteiger partial charge in [0, 0.05) is 18.8 Å². The number of anilines is 1. The second kappa shape index (κ2) is 22.8. The molecule has 324 valence electrons. The van der Waals surface area contributed by atoms with Crippen LogP contribution in [0.4, 0.5) is 18.9 Å². The largest absolute Gasteiger partial charge is 0.494 e. The zero-order chi connectivity index (χ0) is 42.9. The lowest BCUT2D eigenvalue weighted by atomic mass is 9.96. The number of benzene rings is 4. The Kier molecular flexibility index (Phi) is 16.8. The van der Waals surface area contributed by atoms with Crippen molar-refractivity contribution in [2.75, 3.05) is 18.1 Å². The van der Waals surface area contributed by atoms with Gasteiger partial charge in [0.2, 0.25) is 11.8 Å². The van der Waals surface area contributed by atoms with Crippen molar-refractivity contribution in [2.24, 2.45) is 0 Å². The molecule has 1 atom stereocenters. The van der Waals surface area contributed by atoms with Crippen LogP contribution < -0.4 is 19.7 Å². The molecule has 0 radical (unpaired) electrons. The molecule has 61 heavy (non-hydrogen) atoms. The molecule has 5 aromatic rings. The average molecular weight is 838 g/mol. The highest BCUT2D eigenvalue weighted by molar-refractivity contribution is 6.02. The molecule has 0 aliphatic carbocycles. The topological polar surface area (TPSA) is 98.6 Å². The van der Waals surface area contributed by atoms with Crippen molar-refractivity contribution in [2.45, 2.75) is 122 Å². The second-order valence-corrected chi connectivity index (χ2v) is 15.8. The van der Waals surface area contributed by atoms with E-state index in [1.807, 2.05) is 53.3 Å². The van der Waals surface area contributed by atoms with Gasteiger partial charge < -0.3 is 14.8 Å². The fourth-order valence-corrected chi connectivity index (χ4v) is 7.60. The zero-order valence-corrected chi connectivity index (χ0v) is 35.2. The van der Waals surface area contributed by atoms with Crippen LogP contribution in [0.25, 0.3) is 11.1 Å². The first kappa shape index (κ1) is 44.9. The molecule has 0 spiro atoms. The van der Waals surface area contributed by atoms with E-state index in [1.165, 1.54) is 55.6 Å². The molecule has 0 fully saturated rings. The van der Waals surface area contributed by atoms with Crippen LogP contribution in [-0.2, 0) is 35.3 Å². The first-order valence-corrected chi connectivity index (χ1v) is 21.9. The third-order valence-corrected chi connectivity index (χ3v) is 11.0. The fourth-order valence-electron chi connectivity index (χ4n) is 7.60. The van der Waals surface area contributed by atoms with Crippen molar-refractivity contribution in [3.05, 3.63) is 126 Å². The number of halogens is 3. The van der Waals surface area contributed by atoms with Gasteiger partial charge in [0.05, 0.1) is 24.8 Å². The van der Waals surface area contributed by atoms with Crippen LogP contribution in [0, 0.1) is 0 Å². The molecular weight excluding hydrogens is 780 g/mol. The number of aryl methyl sites for hydroxylation is 1. The molecule has 9 nitrogen and oxygen atoms in total. The summed E-state index contributed by atoms with van der Waals surface area (Å²) in [7, 11) is 0. The minimum absolute atomic E-state index is 0.103. The van der Waals surface area contributed by atoms with Gasteiger partial charge in [-0.05, 0) is 103 Å². The number of nitrogens with zero attached hydrogens (tertiary/aromatic N) is 4. The van der Waals surface area contributed by atoms with Crippen LogP contribution in [-0.4, -0.2) is 40.0 Å². The molecule has 1 unspecified atom stereocenters. The normalized spacial score (nSPS) is 15.3.